The van der Waals surface area contributed by atoms with Crippen LogP contribution >= 0.6 is 11.8 Å². The summed E-state index contributed by atoms with van der Waals surface area (Å²) in [6, 6.07) is 1.89. The molecule has 3 heterocycles. The molecule has 1 saturated carbocycles. The van der Waals surface area contributed by atoms with Gasteiger partial charge in [-0.25, -0.2) is 4.68 Å². The Morgan fingerprint density at radius 2 is 2.08 bits per heavy atom. The Balaban J connectivity index is 1.51. The molecule has 130 valence electrons. The molecule has 3 aliphatic rings. The number of aryl methyl sites for hydroxylation is 1. The smallest absolute Gasteiger partial charge is 0.267 e. The van der Waals surface area contributed by atoms with E-state index in [0.29, 0.717) is 12.5 Å². The molecule has 0 aromatic carbocycles. The number of carbonyl (C=O) groups excluding carboxylic acids is 1. The van der Waals surface area contributed by atoms with Crippen LogP contribution < -0.4 is 5.56 Å². The molecule has 1 aliphatic carbocycles. The van der Waals surface area contributed by atoms with Gasteiger partial charge in [-0.3, -0.25) is 9.59 Å². The number of aromatic nitrogens is 2. The molecule has 5 nitrogen and oxygen atoms in total. The summed E-state index contributed by atoms with van der Waals surface area (Å²) in [6.45, 7) is 1.40. The van der Waals surface area contributed by atoms with Gasteiger partial charge in [-0.1, -0.05) is 12.8 Å². The number of hydrogen-bond donors (Lipinski definition) is 0. The van der Waals surface area contributed by atoms with Crippen molar-refractivity contribution in [2.45, 2.75) is 63.3 Å². The predicted octanol–water partition coefficient (Wildman–Crippen LogP) is 2.21. The van der Waals surface area contributed by atoms with Crippen LogP contribution in [0.3, 0.4) is 0 Å². The fourth-order valence-electron chi connectivity index (χ4n) is 4.31. The first-order chi connectivity index (χ1) is 11.7. The summed E-state index contributed by atoms with van der Waals surface area (Å²) in [5, 5.41) is 4.62. The van der Waals surface area contributed by atoms with Gasteiger partial charge in [-0.2, -0.15) is 16.9 Å². The fraction of sp³-hybridized carbons (Fsp3) is 0.722. The average molecular weight is 347 g/mol. The van der Waals surface area contributed by atoms with Gasteiger partial charge in [-0.15, -0.1) is 0 Å². The molecule has 1 atom stereocenters. The van der Waals surface area contributed by atoms with Gasteiger partial charge in [0.2, 0.25) is 5.91 Å². The number of fused-ring (bicyclic) bond motifs is 1. The van der Waals surface area contributed by atoms with Crippen LogP contribution in [0.5, 0.6) is 0 Å². The van der Waals surface area contributed by atoms with Crippen LogP contribution in [0, 0.1) is 5.92 Å². The quantitative estimate of drug-likeness (QED) is 0.841. The zero-order valence-corrected chi connectivity index (χ0v) is 14.9. The number of rotatable bonds is 3. The van der Waals surface area contributed by atoms with Gasteiger partial charge >= 0.3 is 0 Å². The molecule has 0 bridgehead atoms. The second-order valence-electron chi connectivity index (χ2n) is 7.25. The van der Waals surface area contributed by atoms with Gasteiger partial charge in [0, 0.05) is 30.7 Å². The van der Waals surface area contributed by atoms with Crippen LogP contribution in [-0.2, 0) is 23.5 Å². The van der Waals surface area contributed by atoms with Crippen LogP contribution in [0.15, 0.2) is 10.9 Å². The van der Waals surface area contributed by atoms with Crippen LogP contribution in [0.2, 0.25) is 0 Å². The average Bonchev–Trinajstić information content (AvgIpc) is 3.26. The molecule has 1 saturated heterocycles. The highest BCUT2D eigenvalue weighted by Gasteiger charge is 2.34. The maximum absolute atomic E-state index is 12.8. The molecule has 1 amide bonds. The number of amides is 1. The Hall–Kier alpha value is -1.30. The van der Waals surface area contributed by atoms with Crippen LogP contribution in [0.1, 0.15) is 49.8 Å². The lowest BCUT2D eigenvalue weighted by Gasteiger charge is -2.28. The second kappa shape index (κ2) is 6.90. The third-order valence-electron chi connectivity index (χ3n) is 5.65. The van der Waals surface area contributed by atoms with Gasteiger partial charge < -0.3 is 4.90 Å². The minimum atomic E-state index is -0.0172. The van der Waals surface area contributed by atoms with E-state index in [-0.39, 0.29) is 17.5 Å². The molecule has 0 radical (unpaired) electrons. The van der Waals surface area contributed by atoms with E-state index in [1.165, 1.54) is 12.8 Å². The maximum atomic E-state index is 12.8. The number of carbonyl (C=O) groups is 1. The topological polar surface area (TPSA) is 55.2 Å². The first-order valence-corrected chi connectivity index (χ1v) is 10.4. The van der Waals surface area contributed by atoms with E-state index in [9.17, 15) is 9.59 Å². The van der Waals surface area contributed by atoms with E-state index in [0.717, 1.165) is 61.4 Å². The molecule has 6 heteroatoms. The number of likely N-dealkylation sites (tertiary alicyclic amines) is 1. The van der Waals surface area contributed by atoms with Crippen molar-refractivity contribution in [2.24, 2.45) is 5.92 Å². The van der Waals surface area contributed by atoms with Crippen molar-refractivity contribution in [3.8, 4) is 0 Å². The first-order valence-electron chi connectivity index (χ1n) is 9.20. The van der Waals surface area contributed by atoms with Gasteiger partial charge in [0.05, 0.1) is 18.3 Å². The molecular formula is C18H25N3O2S. The van der Waals surface area contributed by atoms with Crippen molar-refractivity contribution in [3.05, 3.63) is 27.7 Å². The van der Waals surface area contributed by atoms with Crippen LogP contribution in [-0.4, -0.2) is 38.9 Å². The van der Waals surface area contributed by atoms with Crippen molar-refractivity contribution in [1.29, 1.82) is 0 Å². The lowest BCUT2D eigenvalue weighted by molar-refractivity contribution is -0.136. The zero-order valence-electron chi connectivity index (χ0n) is 14.1. The zero-order chi connectivity index (χ0) is 16.5. The SMILES string of the molecule is O=C(C1CCCC1)N1CCCC1Cn1nc2c(cc1=O)CSCC2. The summed E-state index contributed by atoms with van der Waals surface area (Å²) in [4.78, 5) is 27.2. The molecule has 2 fully saturated rings. The third kappa shape index (κ3) is 3.13. The van der Waals surface area contributed by atoms with E-state index in [1.54, 1.807) is 10.7 Å². The highest BCUT2D eigenvalue weighted by atomic mass is 32.2. The Morgan fingerprint density at radius 1 is 1.25 bits per heavy atom. The minimum Gasteiger partial charge on any atom is -0.338 e. The van der Waals surface area contributed by atoms with Crippen molar-refractivity contribution in [3.63, 3.8) is 0 Å². The molecule has 1 aromatic rings. The lowest BCUT2D eigenvalue weighted by atomic mass is 10.1. The fourth-order valence-corrected chi connectivity index (χ4v) is 5.26. The van der Waals surface area contributed by atoms with Crippen LogP contribution in [0.4, 0.5) is 0 Å². The van der Waals surface area contributed by atoms with Crippen molar-refractivity contribution < 1.29 is 4.79 Å². The lowest BCUT2D eigenvalue weighted by Crippen LogP contribution is -2.43. The van der Waals surface area contributed by atoms with Crippen molar-refractivity contribution in [2.75, 3.05) is 12.3 Å². The summed E-state index contributed by atoms with van der Waals surface area (Å²) < 4.78 is 1.61. The Bertz CT molecular complexity index is 681. The van der Waals surface area contributed by atoms with Crippen molar-refractivity contribution in [1.82, 2.24) is 14.7 Å². The van der Waals surface area contributed by atoms with Gasteiger partial charge in [0.15, 0.2) is 0 Å². The van der Waals surface area contributed by atoms with Gasteiger partial charge in [0.25, 0.3) is 5.56 Å². The monoisotopic (exact) mass is 347 g/mol. The molecule has 1 aromatic heterocycles. The molecule has 2 aliphatic heterocycles. The normalized spacial score (nSPS) is 24.3. The Labute approximate surface area is 146 Å². The molecule has 0 spiro atoms. The van der Waals surface area contributed by atoms with E-state index in [1.807, 2.05) is 16.7 Å². The summed E-state index contributed by atoms with van der Waals surface area (Å²) in [5.74, 6) is 2.51. The molecule has 0 N–H and O–H groups in total. The maximum Gasteiger partial charge on any atom is 0.267 e. The standard InChI is InChI=1S/C18H25N3O2S/c22-17-10-14-12-24-9-7-16(14)19-21(17)11-15-6-3-8-20(15)18(23)13-4-1-2-5-13/h10,13,15H,1-9,11-12H2. The van der Waals surface area contributed by atoms with E-state index in [4.69, 9.17) is 0 Å². The van der Waals surface area contributed by atoms with E-state index in [2.05, 4.69) is 5.10 Å². The van der Waals surface area contributed by atoms with Crippen molar-refractivity contribution >= 4 is 17.7 Å². The van der Waals surface area contributed by atoms with Crippen LogP contribution in [0.25, 0.3) is 0 Å². The highest BCUT2D eigenvalue weighted by molar-refractivity contribution is 7.98. The number of hydrogen-bond acceptors (Lipinski definition) is 4. The Kier molecular flexibility index (Phi) is 4.66. The summed E-state index contributed by atoms with van der Waals surface area (Å²) in [7, 11) is 0. The molecule has 24 heavy (non-hydrogen) atoms. The molecule has 4 rings (SSSR count). The molecule has 1 unspecified atom stereocenters. The largest absolute Gasteiger partial charge is 0.338 e. The Morgan fingerprint density at radius 3 is 2.92 bits per heavy atom. The molecular weight excluding hydrogens is 322 g/mol. The third-order valence-corrected chi connectivity index (χ3v) is 6.66. The highest BCUT2D eigenvalue weighted by Crippen LogP contribution is 2.30. The van der Waals surface area contributed by atoms with E-state index < -0.39 is 0 Å². The summed E-state index contributed by atoms with van der Waals surface area (Å²) in [5.41, 5.74) is 2.15. The number of thioether (sulfide) groups is 1. The summed E-state index contributed by atoms with van der Waals surface area (Å²) >= 11 is 1.86. The summed E-state index contributed by atoms with van der Waals surface area (Å²) in [6.07, 6.45) is 7.40. The van der Waals surface area contributed by atoms with Gasteiger partial charge in [-0.05, 0) is 37.0 Å². The predicted molar refractivity (Wildman–Crippen MR) is 95.1 cm³/mol. The second-order valence-corrected chi connectivity index (χ2v) is 8.35. The minimum absolute atomic E-state index is 0.0172. The first kappa shape index (κ1) is 16.2. The van der Waals surface area contributed by atoms with E-state index >= 15 is 0 Å². The number of nitrogens with zero attached hydrogens (tertiary/aromatic N) is 3. The van der Waals surface area contributed by atoms with Gasteiger partial charge in [0.1, 0.15) is 0 Å².